The van der Waals surface area contributed by atoms with Crippen molar-refractivity contribution in [1.29, 1.82) is 0 Å². The van der Waals surface area contributed by atoms with E-state index in [0.29, 0.717) is 29.8 Å². The van der Waals surface area contributed by atoms with Crippen LogP contribution in [0.3, 0.4) is 0 Å². The molecule has 1 saturated carbocycles. The van der Waals surface area contributed by atoms with E-state index in [9.17, 15) is 9.59 Å². The summed E-state index contributed by atoms with van der Waals surface area (Å²) in [5, 5.41) is 12.1. The van der Waals surface area contributed by atoms with Crippen LogP contribution in [-0.2, 0) is 4.79 Å². The second-order valence-corrected chi connectivity index (χ2v) is 4.91. The lowest BCUT2D eigenvalue weighted by Gasteiger charge is -2.13. The molecule has 0 radical (unpaired) electrons. The highest BCUT2D eigenvalue weighted by Gasteiger charge is 2.30. The van der Waals surface area contributed by atoms with Gasteiger partial charge in [-0.3, -0.25) is 9.59 Å². The summed E-state index contributed by atoms with van der Waals surface area (Å²) >= 11 is 5.93. The van der Waals surface area contributed by atoms with E-state index in [-0.39, 0.29) is 17.9 Å². The molecule has 0 heterocycles. The van der Waals surface area contributed by atoms with Gasteiger partial charge in [0.2, 0.25) is 0 Å². The van der Waals surface area contributed by atoms with Crippen LogP contribution in [0.1, 0.15) is 29.6 Å². The average Bonchev–Trinajstić information content (AvgIpc) is 2.78. The molecule has 1 aromatic rings. The fraction of sp³-hybridized carbons (Fsp3) is 0.385. The number of nitrogens with one attached hydrogen (secondary N) is 1. The molecule has 0 bridgehead atoms. The molecule has 0 unspecified atom stereocenters. The average molecular weight is 268 g/mol. The van der Waals surface area contributed by atoms with Crippen molar-refractivity contribution in [2.45, 2.75) is 25.3 Å². The van der Waals surface area contributed by atoms with E-state index < -0.39 is 5.97 Å². The van der Waals surface area contributed by atoms with Crippen molar-refractivity contribution in [2.24, 2.45) is 5.92 Å². The number of carbonyl (C=O) groups excluding carboxylic acids is 1. The molecule has 0 saturated heterocycles. The molecule has 2 N–H and O–H groups in total. The van der Waals surface area contributed by atoms with Crippen LogP contribution in [0.15, 0.2) is 24.3 Å². The summed E-state index contributed by atoms with van der Waals surface area (Å²) in [6.45, 7) is 0. The van der Waals surface area contributed by atoms with Crippen LogP contribution >= 0.6 is 11.6 Å². The Kier molecular flexibility index (Phi) is 3.87. The number of hydrogen-bond donors (Lipinski definition) is 2. The number of benzene rings is 1. The highest BCUT2D eigenvalue weighted by atomic mass is 35.5. The van der Waals surface area contributed by atoms with Gasteiger partial charge < -0.3 is 10.4 Å². The maximum atomic E-state index is 12.0. The molecular formula is C13H14ClNO3. The lowest BCUT2D eigenvalue weighted by Crippen LogP contribution is -2.33. The van der Waals surface area contributed by atoms with Crippen molar-refractivity contribution < 1.29 is 14.7 Å². The first-order valence-corrected chi connectivity index (χ1v) is 6.24. The normalized spacial score (nSPS) is 22.7. The Labute approximate surface area is 110 Å². The molecule has 4 nitrogen and oxygen atoms in total. The van der Waals surface area contributed by atoms with Crippen LogP contribution in [-0.4, -0.2) is 23.0 Å². The Morgan fingerprint density at radius 3 is 2.61 bits per heavy atom. The minimum atomic E-state index is -0.788. The Balaban J connectivity index is 1.97. The van der Waals surface area contributed by atoms with Crippen molar-refractivity contribution in [3.05, 3.63) is 34.9 Å². The minimum absolute atomic E-state index is 0.0742. The number of carboxylic acid groups (broad SMARTS) is 1. The molecule has 1 aliphatic rings. The van der Waals surface area contributed by atoms with E-state index in [4.69, 9.17) is 16.7 Å². The van der Waals surface area contributed by atoms with Gasteiger partial charge >= 0.3 is 5.97 Å². The third kappa shape index (κ3) is 2.82. The standard InChI is InChI=1S/C13H14ClNO3/c14-11-4-2-1-3-10(11)12(16)15-9-6-5-8(7-9)13(17)18/h1-4,8-9H,5-7H2,(H,15,16)(H,17,18)/t8-,9-/m0/s1. The Bertz CT molecular complexity index is 475. The highest BCUT2D eigenvalue weighted by molar-refractivity contribution is 6.33. The summed E-state index contributed by atoms with van der Waals surface area (Å²) in [6.07, 6.45) is 1.81. The van der Waals surface area contributed by atoms with Gasteiger partial charge in [-0.2, -0.15) is 0 Å². The molecule has 2 atom stereocenters. The fourth-order valence-electron chi connectivity index (χ4n) is 2.25. The number of carboxylic acids is 1. The van der Waals surface area contributed by atoms with Crippen molar-refractivity contribution in [1.82, 2.24) is 5.32 Å². The van der Waals surface area contributed by atoms with Gasteiger partial charge in [0.05, 0.1) is 16.5 Å². The fourth-order valence-corrected chi connectivity index (χ4v) is 2.47. The number of carbonyl (C=O) groups is 2. The molecular weight excluding hydrogens is 254 g/mol. The maximum absolute atomic E-state index is 12.0. The molecule has 0 spiro atoms. The van der Waals surface area contributed by atoms with Crippen LogP contribution < -0.4 is 5.32 Å². The van der Waals surface area contributed by atoms with Crippen molar-refractivity contribution in [3.63, 3.8) is 0 Å². The van der Waals surface area contributed by atoms with Crippen LogP contribution in [0.25, 0.3) is 0 Å². The quantitative estimate of drug-likeness (QED) is 0.883. The third-order valence-corrected chi connectivity index (χ3v) is 3.57. The molecule has 2 rings (SSSR count). The minimum Gasteiger partial charge on any atom is -0.481 e. The monoisotopic (exact) mass is 267 g/mol. The Morgan fingerprint density at radius 2 is 2.00 bits per heavy atom. The topological polar surface area (TPSA) is 66.4 Å². The smallest absolute Gasteiger partial charge is 0.306 e. The molecule has 1 fully saturated rings. The van der Waals surface area contributed by atoms with Gasteiger partial charge in [-0.25, -0.2) is 0 Å². The highest BCUT2D eigenvalue weighted by Crippen LogP contribution is 2.26. The molecule has 18 heavy (non-hydrogen) atoms. The van der Waals surface area contributed by atoms with Crippen LogP contribution in [0, 0.1) is 5.92 Å². The second kappa shape index (κ2) is 5.40. The summed E-state index contributed by atoms with van der Waals surface area (Å²) in [5.41, 5.74) is 0.429. The van der Waals surface area contributed by atoms with Crippen molar-refractivity contribution in [2.75, 3.05) is 0 Å². The number of hydrogen-bond acceptors (Lipinski definition) is 2. The summed E-state index contributed by atoms with van der Waals surface area (Å²) in [6, 6.07) is 6.74. The second-order valence-electron chi connectivity index (χ2n) is 4.50. The zero-order valence-electron chi connectivity index (χ0n) is 9.73. The number of halogens is 1. The molecule has 0 aromatic heterocycles. The van der Waals surface area contributed by atoms with Gasteiger partial charge in [0.1, 0.15) is 0 Å². The third-order valence-electron chi connectivity index (χ3n) is 3.24. The van der Waals surface area contributed by atoms with Gasteiger partial charge in [0.25, 0.3) is 5.91 Å². The summed E-state index contributed by atoms with van der Waals surface area (Å²) in [5.74, 6) is -1.37. The first kappa shape index (κ1) is 12.9. The van der Waals surface area contributed by atoms with E-state index >= 15 is 0 Å². The maximum Gasteiger partial charge on any atom is 0.306 e. The largest absolute Gasteiger partial charge is 0.481 e. The zero-order valence-corrected chi connectivity index (χ0v) is 10.5. The lowest BCUT2D eigenvalue weighted by molar-refractivity contribution is -0.141. The summed E-state index contributed by atoms with van der Waals surface area (Å²) in [7, 11) is 0. The first-order chi connectivity index (χ1) is 8.58. The molecule has 5 heteroatoms. The number of amides is 1. The van der Waals surface area contributed by atoms with Crippen LogP contribution in [0.5, 0.6) is 0 Å². The summed E-state index contributed by atoms with van der Waals surface area (Å²) in [4.78, 5) is 22.8. The van der Waals surface area contributed by atoms with E-state index in [0.717, 1.165) is 0 Å². The molecule has 0 aliphatic heterocycles. The summed E-state index contributed by atoms with van der Waals surface area (Å²) < 4.78 is 0. The predicted molar refractivity (Wildman–Crippen MR) is 67.7 cm³/mol. The molecule has 1 aliphatic carbocycles. The van der Waals surface area contributed by atoms with Crippen LogP contribution in [0.4, 0.5) is 0 Å². The van der Waals surface area contributed by atoms with Crippen LogP contribution in [0.2, 0.25) is 5.02 Å². The SMILES string of the molecule is O=C(N[C@H]1CC[C@H](C(=O)O)C1)c1ccccc1Cl. The van der Waals surface area contributed by atoms with Gasteiger partial charge in [-0.1, -0.05) is 23.7 Å². The molecule has 96 valence electrons. The Morgan fingerprint density at radius 1 is 1.28 bits per heavy atom. The van der Waals surface area contributed by atoms with Gasteiger partial charge in [0, 0.05) is 6.04 Å². The Hall–Kier alpha value is -1.55. The van der Waals surface area contributed by atoms with E-state index in [2.05, 4.69) is 5.32 Å². The van der Waals surface area contributed by atoms with E-state index in [1.165, 1.54) is 0 Å². The van der Waals surface area contributed by atoms with E-state index in [1.54, 1.807) is 24.3 Å². The molecule has 1 aromatic carbocycles. The van der Waals surface area contributed by atoms with Gasteiger partial charge in [-0.15, -0.1) is 0 Å². The van der Waals surface area contributed by atoms with E-state index in [1.807, 2.05) is 0 Å². The van der Waals surface area contributed by atoms with Gasteiger partial charge in [-0.05, 0) is 31.4 Å². The zero-order chi connectivity index (χ0) is 13.1. The van der Waals surface area contributed by atoms with Crippen molar-refractivity contribution >= 4 is 23.5 Å². The van der Waals surface area contributed by atoms with Crippen molar-refractivity contribution in [3.8, 4) is 0 Å². The first-order valence-electron chi connectivity index (χ1n) is 5.86. The number of rotatable bonds is 3. The lowest BCUT2D eigenvalue weighted by atomic mass is 10.1. The number of aliphatic carboxylic acids is 1. The predicted octanol–water partition coefficient (Wildman–Crippen LogP) is 2.32. The molecule has 1 amide bonds. The van der Waals surface area contributed by atoms with Gasteiger partial charge in [0.15, 0.2) is 0 Å².